The second kappa shape index (κ2) is 3.02. The zero-order valence-electron chi connectivity index (χ0n) is 2.01. The Hall–Kier alpha value is 0.0200. The molecule has 1 nitrogen and oxygen atoms in total. The summed E-state index contributed by atoms with van der Waals surface area (Å²) >= 11 is 3.43. The smallest absolute Gasteiger partial charge is 0.134 e. The summed E-state index contributed by atoms with van der Waals surface area (Å²) in [5, 5.41) is 0. The van der Waals surface area contributed by atoms with E-state index in [1.54, 1.807) is 0 Å². The van der Waals surface area contributed by atoms with Crippen LogP contribution in [0.4, 0.5) is 0 Å². The van der Waals surface area contributed by atoms with Gasteiger partial charge in [0, 0.05) is 0 Å². The third kappa shape index (κ3) is 2.02. The highest BCUT2D eigenvalue weighted by Gasteiger charge is 1.54. The lowest BCUT2D eigenvalue weighted by molar-refractivity contribution is -0.104. The van der Waals surface area contributed by atoms with Crippen LogP contribution in [0.2, 0.25) is 0 Å². The van der Waals surface area contributed by atoms with E-state index in [1.165, 1.54) is 0 Å². The normalized spacial score (nSPS) is 6.25. The molecular weight excluding hydrogens is 72.1 g/mol. The summed E-state index contributed by atoms with van der Waals surface area (Å²) in [4.78, 5) is 9.04. The van der Waals surface area contributed by atoms with E-state index >= 15 is 0 Å². The summed E-state index contributed by atoms with van der Waals surface area (Å²) in [6.07, 6.45) is 0.614. The molecule has 0 atom stereocenters. The van der Waals surface area contributed by atoms with E-state index in [4.69, 9.17) is 4.79 Å². The number of thiol groups is 1. The van der Waals surface area contributed by atoms with Crippen molar-refractivity contribution in [2.45, 2.75) is 0 Å². The van der Waals surface area contributed by atoms with Gasteiger partial charge in [-0.05, 0) is 0 Å². The van der Waals surface area contributed by atoms with Crippen molar-refractivity contribution in [1.82, 2.24) is 0 Å². The Bertz CT molecular complexity index is 20.0. The van der Waals surface area contributed by atoms with Gasteiger partial charge >= 0.3 is 0 Å². The van der Waals surface area contributed by atoms with E-state index < -0.39 is 0 Å². The molecule has 4 heavy (non-hydrogen) atoms. The van der Waals surface area contributed by atoms with Crippen LogP contribution in [0.3, 0.4) is 0 Å². The molecule has 1 radical (unpaired) electrons. The summed E-state index contributed by atoms with van der Waals surface area (Å²) in [6, 6.07) is 0. The van der Waals surface area contributed by atoms with Gasteiger partial charge in [0.05, 0.1) is 5.75 Å². The lowest BCUT2D eigenvalue weighted by atomic mass is 10.9. The van der Waals surface area contributed by atoms with Gasteiger partial charge in [-0.3, -0.25) is 0 Å². The zero-order valence-corrected chi connectivity index (χ0v) is 2.90. The molecule has 0 amide bonds. The van der Waals surface area contributed by atoms with Gasteiger partial charge in [0.2, 0.25) is 0 Å². The van der Waals surface area contributed by atoms with E-state index in [0.29, 0.717) is 6.29 Å². The highest BCUT2D eigenvalue weighted by molar-refractivity contribution is 7.83. The highest BCUT2D eigenvalue weighted by Crippen LogP contribution is 1.67. The molecule has 0 unspecified atom stereocenters. The van der Waals surface area contributed by atoms with Crippen LogP contribution in [0.5, 0.6) is 0 Å². The Kier molecular flexibility index (Phi) is 3.04. The molecule has 0 N–H and O–H groups in total. The largest absolute Gasteiger partial charge is 0.302 e. The molecule has 0 aliphatic heterocycles. The van der Waals surface area contributed by atoms with Gasteiger partial charge in [0.15, 0.2) is 0 Å². The van der Waals surface area contributed by atoms with Crippen molar-refractivity contribution >= 4 is 18.9 Å². The summed E-state index contributed by atoms with van der Waals surface area (Å²) in [5.41, 5.74) is 0. The van der Waals surface area contributed by atoms with Crippen LogP contribution in [0.1, 0.15) is 0 Å². The predicted octanol–water partition coefficient (Wildman–Crippen LogP) is 0.277. The first-order valence-electron chi connectivity index (χ1n) is 0.827. The van der Waals surface area contributed by atoms with Gasteiger partial charge in [-0.15, -0.1) is 0 Å². The third-order valence-electron chi connectivity index (χ3n) is 0.0609. The van der Waals surface area contributed by atoms with Crippen LogP contribution >= 0.6 is 12.6 Å². The molecule has 23 valence electrons. The van der Waals surface area contributed by atoms with Crippen LogP contribution < -0.4 is 0 Å². The molecule has 0 saturated heterocycles. The zero-order chi connectivity index (χ0) is 3.41. The lowest BCUT2D eigenvalue weighted by Crippen LogP contribution is -1.52. The lowest BCUT2D eigenvalue weighted by Gasteiger charge is -1.50. The maximum absolute atomic E-state index is 9.04. The Labute approximate surface area is 30.4 Å². The quantitative estimate of drug-likeness (QED) is 0.350. The molecule has 0 aliphatic carbocycles. The number of hydrogen-bond acceptors (Lipinski definition) is 2. The molecule has 0 aliphatic rings. The Morgan fingerprint density at radius 3 is 2.00 bits per heavy atom. The van der Waals surface area contributed by atoms with Gasteiger partial charge in [-0.1, -0.05) is 0 Å². The molecule has 0 heterocycles. The van der Waals surface area contributed by atoms with Crippen molar-refractivity contribution < 1.29 is 4.79 Å². The maximum atomic E-state index is 9.04. The summed E-state index contributed by atoms with van der Waals surface area (Å²) in [5.74, 6) is 1.14. The van der Waals surface area contributed by atoms with Gasteiger partial charge < -0.3 is 4.79 Å². The Morgan fingerprint density at radius 1 is 1.75 bits per heavy atom. The van der Waals surface area contributed by atoms with Crippen molar-refractivity contribution in [1.29, 1.82) is 0 Å². The highest BCUT2D eigenvalue weighted by atomic mass is 32.1. The second-order valence-electron chi connectivity index (χ2n) is 0.285. The fraction of sp³-hybridized carbons (Fsp3) is 0. The average molecular weight is 75.1 g/mol. The molecule has 0 fully saturated rings. The summed E-state index contributed by atoms with van der Waals surface area (Å²) in [7, 11) is 0. The average Bonchev–Trinajstić information content (AvgIpc) is 1.37. The van der Waals surface area contributed by atoms with Crippen LogP contribution in [-0.4, -0.2) is 6.29 Å². The van der Waals surface area contributed by atoms with Crippen molar-refractivity contribution in [3.8, 4) is 0 Å². The number of carbonyl (C=O) groups is 1. The number of aldehydes is 1. The molecule has 0 spiro atoms. The molecule has 2 heteroatoms. The predicted molar refractivity (Wildman–Crippen MR) is 19.3 cm³/mol. The minimum absolute atomic E-state index is 0.614. The summed E-state index contributed by atoms with van der Waals surface area (Å²) in [6.45, 7) is 0. The molecule has 0 saturated carbocycles. The second-order valence-corrected chi connectivity index (χ2v) is 0.583. The van der Waals surface area contributed by atoms with E-state index in [0.717, 1.165) is 5.75 Å². The first kappa shape index (κ1) is 4.02. The summed E-state index contributed by atoms with van der Waals surface area (Å²) < 4.78 is 0. The molecule has 0 aromatic rings. The van der Waals surface area contributed by atoms with E-state index in [2.05, 4.69) is 12.6 Å². The number of hydrogen-bond donors (Lipinski definition) is 1. The molecule has 0 aromatic carbocycles. The van der Waals surface area contributed by atoms with Gasteiger partial charge in [0.1, 0.15) is 6.29 Å². The molecule has 0 aromatic heterocycles. The van der Waals surface area contributed by atoms with Crippen molar-refractivity contribution in [2.75, 3.05) is 0 Å². The van der Waals surface area contributed by atoms with Gasteiger partial charge in [-0.25, -0.2) is 0 Å². The molecule has 0 bridgehead atoms. The number of carbonyl (C=O) groups excluding carboxylic acids is 1. The van der Waals surface area contributed by atoms with Gasteiger partial charge in [0.25, 0.3) is 0 Å². The standard InChI is InChI=1S/C2H3OS/c3-1-2-4/h1-2,4H. The monoisotopic (exact) mass is 75.0 g/mol. The van der Waals surface area contributed by atoms with E-state index in [9.17, 15) is 0 Å². The van der Waals surface area contributed by atoms with Crippen LogP contribution in [0.15, 0.2) is 0 Å². The van der Waals surface area contributed by atoms with Crippen LogP contribution in [0.25, 0.3) is 0 Å². The Morgan fingerprint density at radius 2 is 2.00 bits per heavy atom. The van der Waals surface area contributed by atoms with Crippen molar-refractivity contribution in [2.24, 2.45) is 0 Å². The van der Waals surface area contributed by atoms with E-state index in [1.807, 2.05) is 0 Å². The topological polar surface area (TPSA) is 17.1 Å². The van der Waals surface area contributed by atoms with E-state index in [-0.39, 0.29) is 0 Å². The molecule has 0 rings (SSSR count). The van der Waals surface area contributed by atoms with Crippen molar-refractivity contribution in [3.05, 3.63) is 5.75 Å². The third-order valence-corrected chi connectivity index (χ3v) is 0.183. The van der Waals surface area contributed by atoms with Crippen LogP contribution in [-0.2, 0) is 4.79 Å². The minimum Gasteiger partial charge on any atom is -0.302 e. The maximum Gasteiger partial charge on any atom is 0.134 e. The fourth-order valence-corrected chi connectivity index (χ4v) is 0. The first-order valence-corrected chi connectivity index (χ1v) is 1.34. The molecular formula is C2H3OS. The van der Waals surface area contributed by atoms with Gasteiger partial charge in [-0.2, -0.15) is 12.6 Å². The minimum atomic E-state index is 0.614. The van der Waals surface area contributed by atoms with Crippen LogP contribution in [0, 0.1) is 5.75 Å². The SMILES string of the molecule is O=C[CH]S. The first-order chi connectivity index (χ1) is 1.91. The number of rotatable bonds is 1. The fourth-order valence-electron chi connectivity index (χ4n) is 0. The Balaban J connectivity index is 2.30. The van der Waals surface area contributed by atoms with Crippen molar-refractivity contribution in [3.63, 3.8) is 0 Å².